The largest absolute Gasteiger partial charge is 0.399 e. The van der Waals surface area contributed by atoms with Gasteiger partial charge >= 0.3 is 0 Å². The van der Waals surface area contributed by atoms with Crippen LogP contribution in [-0.4, -0.2) is 8.42 Å². The number of benzene rings is 1. The molecule has 0 aliphatic rings. The third-order valence-corrected chi connectivity index (χ3v) is 5.84. The van der Waals surface area contributed by atoms with E-state index in [1.54, 1.807) is 0 Å². The SMILES string of the molecule is Cc1ccc(CNS(=O)(=O)c2c(Cl)cc(N)cc2Cl)s1. The highest BCUT2D eigenvalue weighted by Gasteiger charge is 2.22. The Labute approximate surface area is 131 Å². The molecule has 8 heteroatoms. The zero-order valence-corrected chi connectivity index (χ0v) is 13.6. The quantitative estimate of drug-likeness (QED) is 0.829. The summed E-state index contributed by atoms with van der Waals surface area (Å²) in [4.78, 5) is 1.87. The predicted octanol–water partition coefficient (Wildman–Crippen LogP) is 3.42. The molecule has 1 heterocycles. The molecule has 1 aromatic heterocycles. The van der Waals surface area contributed by atoms with Crippen LogP contribution in [0, 0.1) is 6.92 Å². The molecule has 108 valence electrons. The number of nitrogen functional groups attached to an aromatic ring is 1. The number of aryl methyl sites for hydroxylation is 1. The Bertz CT molecular complexity index is 719. The number of nitrogens with two attached hydrogens (primary N) is 1. The lowest BCUT2D eigenvalue weighted by molar-refractivity contribution is 0.582. The number of hydrogen-bond acceptors (Lipinski definition) is 4. The van der Waals surface area contributed by atoms with Crippen molar-refractivity contribution in [1.82, 2.24) is 4.72 Å². The van der Waals surface area contributed by atoms with E-state index in [4.69, 9.17) is 28.9 Å². The van der Waals surface area contributed by atoms with Crippen molar-refractivity contribution in [3.8, 4) is 0 Å². The van der Waals surface area contributed by atoms with Crippen molar-refractivity contribution in [1.29, 1.82) is 0 Å². The molecule has 0 saturated heterocycles. The predicted molar refractivity (Wildman–Crippen MR) is 84.0 cm³/mol. The second-order valence-electron chi connectivity index (χ2n) is 4.15. The van der Waals surface area contributed by atoms with Crippen molar-refractivity contribution in [2.24, 2.45) is 0 Å². The van der Waals surface area contributed by atoms with E-state index in [1.165, 1.54) is 23.5 Å². The molecule has 0 aliphatic heterocycles. The highest BCUT2D eigenvalue weighted by atomic mass is 35.5. The first-order valence-corrected chi connectivity index (χ1v) is 8.64. The standard InChI is InChI=1S/C12H12Cl2N2O2S2/c1-7-2-3-9(19-7)6-16-20(17,18)12-10(13)4-8(15)5-11(12)14/h2-5,16H,6,15H2,1H3. The van der Waals surface area contributed by atoms with E-state index in [0.29, 0.717) is 5.69 Å². The molecule has 2 rings (SSSR count). The average molecular weight is 351 g/mol. The van der Waals surface area contributed by atoms with Crippen molar-refractivity contribution in [2.75, 3.05) is 5.73 Å². The summed E-state index contributed by atoms with van der Waals surface area (Å²) < 4.78 is 27.0. The maximum atomic E-state index is 12.2. The van der Waals surface area contributed by atoms with Crippen LogP contribution in [0.4, 0.5) is 5.69 Å². The first-order chi connectivity index (χ1) is 9.29. The number of halogens is 2. The molecule has 0 saturated carbocycles. The fourth-order valence-electron chi connectivity index (χ4n) is 1.65. The van der Waals surface area contributed by atoms with E-state index in [0.717, 1.165) is 9.75 Å². The fraction of sp³-hybridized carbons (Fsp3) is 0.167. The van der Waals surface area contributed by atoms with Crippen molar-refractivity contribution in [3.05, 3.63) is 44.1 Å². The van der Waals surface area contributed by atoms with Gasteiger partial charge in [0.15, 0.2) is 0 Å². The molecule has 0 unspecified atom stereocenters. The third kappa shape index (κ3) is 3.45. The minimum absolute atomic E-state index is 0.00450. The molecule has 2 aromatic rings. The van der Waals surface area contributed by atoms with Crippen LogP contribution in [0.5, 0.6) is 0 Å². The Morgan fingerprint density at radius 2 is 1.85 bits per heavy atom. The molecule has 1 aromatic carbocycles. The van der Waals surface area contributed by atoms with Crippen LogP contribution in [0.2, 0.25) is 10.0 Å². The van der Waals surface area contributed by atoms with Crippen LogP contribution in [0.15, 0.2) is 29.2 Å². The van der Waals surface area contributed by atoms with Gasteiger partial charge in [-0.25, -0.2) is 13.1 Å². The van der Waals surface area contributed by atoms with Crippen LogP contribution in [0.3, 0.4) is 0 Å². The van der Waals surface area contributed by atoms with Gasteiger partial charge in [-0.1, -0.05) is 23.2 Å². The van der Waals surface area contributed by atoms with Gasteiger partial charge in [0, 0.05) is 22.0 Å². The highest BCUT2D eigenvalue weighted by molar-refractivity contribution is 7.89. The summed E-state index contributed by atoms with van der Waals surface area (Å²) in [5, 5.41) is 0.00900. The number of sulfonamides is 1. The smallest absolute Gasteiger partial charge is 0.243 e. The number of anilines is 1. The summed E-state index contributed by atoms with van der Waals surface area (Å²) in [5.41, 5.74) is 5.87. The molecule has 0 radical (unpaired) electrons. The molecular weight excluding hydrogens is 339 g/mol. The molecule has 0 bridgehead atoms. The molecule has 0 amide bonds. The minimum atomic E-state index is -3.79. The van der Waals surface area contributed by atoms with Crippen molar-refractivity contribution in [3.63, 3.8) is 0 Å². The van der Waals surface area contributed by atoms with Gasteiger partial charge in [0.1, 0.15) is 4.90 Å². The van der Waals surface area contributed by atoms with Gasteiger partial charge in [0.25, 0.3) is 0 Å². The zero-order valence-electron chi connectivity index (χ0n) is 10.5. The van der Waals surface area contributed by atoms with Crippen LogP contribution in [0.1, 0.15) is 9.75 Å². The first-order valence-electron chi connectivity index (χ1n) is 5.59. The van der Waals surface area contributed by atoms with Gasteiger partial charge in [0.2, 0.25) is 10.0 Å². The number of thiophene rings is 1. The van der Waals surface area contributed by atoms with E-state index in [9.17, 15) is 8.42 Å². The number of nitrogens with one attached hydrogen (secondary N) is 1. The molecule has 0 fully saturated rings. The highest BCUT2D eigenvalue weighted by Crippen LogP contribution is 2.31. The van der Waals surface area contributed by atoms with Crippen LogP contribution >= 0.6 is 34.5 Å². The summed E-state index contributed by atoms with van der Waals surface area (Å²) in [6.45, 7) is 2.15. The van der Waals surface area contributed by atoms with Crippen LogP contribution < -0.4 is 10.5 Å². The topological polar surface area (TPSA) is 72.2 Å². The van der Waals surface area contributed by atoms with E-state index >= 15 is 0 Å². The van der Waals surface area contributed by atoms with Crippen LogP contribution in [0.25, 0.3) is 0 Å². The molecule has 20 heavy (non-hydrogen) atoms. The number of rotatable bonds is 4. The zero-order chi connectivity index (χ0) is 14.9. The molecule has 4 nitrogen and oxygen atoms in total. The van der Waals surface area contributed by atoms with Gasteiger partial charge < -0.3 is 5.73 Å². The van der Waals surface area contributed by atoms with Crippen molar-refractivity contribution < 1.29 is 8.42 Å². The molecular formula is C12H12Cl2N2O2S2. The Hall–Kier alpha value is -0.790. The van der Waals surface area contributed by atoms with Gasteiger partial charge in [-0.2, -0.15) is 0 Å². The minimum Gasteiger partial charge on any atom is -0.399 e. The van der Waals surface area contributed by atoms with E-state index in [2.05, 4.69) is 4.72 Å². The molecule has 0 atom stereocenters. The van der Waals surface area contributed by atoms with Gasteiger partial charge in [-0.15, -0.1) is 11.3 Å². The maximum absolute atomic E-state index is 12.2. The average Bonchev–Trinajstić information content (AvgIpc) is 2.71. The summed E-state index contributed by atoms with van der Waals surface area (Å²) >= 11 is 13.4. The van der Waals surface area contributed by atoms with Gasteiger partial charge in [-0.05, 0) is 31.2 Å². The summed E-state index contributed by atoms with van der Waals surface area (Å²) in [5.74, 6) is 0. The Morgan fingerprint density at radius 3 is 2.35 bits per heavy atom. The molecule has 0 spiro atoms. The van der Waals surface area contributed by atoms with Gasteiger partial charge in [-0.3, -0.25) is 0 Å². The van der Waals surface area contributed by atoms with Crippen LogP contribution in [-0.2, 0) is 16.6 Å². The Balaban J connectivity index is 2.27. The van der Waals surface area contributed by atoms with E-state index in [-0.39, 0.29) is 21.5 Å². The lowest BCUT2D eigenvalue weighted by Gasteiger charge is -2.10. The van der Waals surface area contributed by atoms with Crippen molar-refractivity contribution in [2.45, 2.75) is 18.4 Å². The second-order valence-corrected chi connectivity index (χ2v) is 8.04. The monoisotopic (exact) mass is 350 g/mol. The second kappa shape index (κ2) is 5.91. The third-order valence-electron chi connectivity index (χ3n) is 2.52. The number of hydrogen-bond donors (Lipinski definition) is 2. The molecule has 3 N–H and O–H groups in total. The normalized spacial score (nSPS) is 11.8. The lowest BCUT2D eigenvalue weighted by atomic mass is 10.3. The van der Waals surface area contributed by atoms with E-state index < -0.39 is 10.0 Å². The van der Waals surface area contributed by atoms with E-state index in [1.807, 2.05) is 19.1 Å². The summed E-state index contributed by atoms with van der Waals surface area (Å²) in [6.07, 6.45) is 0. The first kappa shape index (κ1) is 15.6. The fourth-order valence-corrected chi connectivity index (χ4v) is 4.81. The Morgan fingerprint density at radius 1 is 1.25 bits per heavy atom. The lowest BCUT2D eigenvalue weighted by Crippen LogP contribution is -2.23. The van der Waals surface area contributed by atoms with Crippen molar-refractivity contribution >= 4 is 50.2 Å². The Kier molecular flexibility index (Phi) is 4.61. The summed E-state index contributed by atoms with van der Waals surface area (Å²) in [6, 6.07) is 6.51. The van der Waals surface area contributed by atoms with Gasteiger partial charge in [0.05, 0.1) is 10.0 Å². The summed E-state index contributed by atoms with van der Waals surface area (Å²) in [7, 11) is -3.79. The molecule has 0 aliphatic carbocycles. The maximum Gasteiger partial charge on any atom is 0.243 e.